The quantitative estimate of drug-likeness (QED) is 0.718. The predicted molar refractivity (Wildman–Crippen MR) is 77.3 cm³/mol. The van der Waals surface area contributed by atoms with Gasteiger partial charge in [0.15, 0.2) is 0 Å². The molecule has 0 saturated carbocycles. The second-order valence-electron chi connectivity index (χ2n) is 4.64. The molecule has 0 aliphatic heterocycles. The molecule has 3 N–H and O–H groups in total. The van der Waals surface area contributed by atoms with Gasteiger partial charge >= 0.3 is 0 Å². The van der Waals surface area contributed by atoms with Gasteiger partial charge in [-0.1, -0.05) is 11.6 Å². The van der Waals surface area contributed by atoms with Crippen LogP contribution in [0.2, 0.25) is 0 Å². The molecule has 0 unspecified atom stereocenters. The van der Waals surface area contributed by atoms with Gasteiger partial charge in [0.25, 0.3) is 5.91 Å². The average molecular weight is 265 g/mol. The summed E-state index contributed by atoms with van der Waals surface area (Å²) in [6.45, 7) is 4.84. The molecule has 0 radical (unpaired) electrons. The maximum absolute atomic E-state index is 12.0. The zero-order valence-corrected chi connectivity index (χ0v) is 11.9. The highest BCUT2D eigenvalue weighted by Crippen LogP contribution is 2.13. The molecule has 1 rings (SSSR count). The van der Waals surface area contributed by atoms with Crippen LogP contribution in [0.25, 0.3) is 0 Å². The number of rotatable bonds is 7. The van der Waals surface area contributed by atoms with Crippen LogP contribution in [-0.4, -0.2) is 51.2 Å². The fourth-order valence-electron chi connectivity index (χ4n) is 1.68. The van der Waals surface area contributed by atoms with Crippen molar-refractivity contribution >= 4 is 11.6 Å². The Morgan fingerprint density at radius 1 is 1.42 bits per heavy atom. The maximum Gasteiger partial charge on any atom is 0.253 e. The van der Waals surface area contributed by atoms with Crippen molar-refractivity contribution < 1.29 is 9.53 Å². The first-order valence-electron chi connectivity index (χ1n) is 6.36. The lowest BCUT2D eigenvalue weighted by Gasteiger charge is -2.16. The minimum absolute atomic E-state index is 0.124. The molecule has 1 aromatic rings. The number of methoxy groups -OCH3 is 1. The highest BCUT2D eigenvalue weighted by atomic mass is 16.5. The molecule has 0 aliphatic carbocycles. The Kier molecular flexibility index (Phi) is 6.32. The van der Waals surface area contributed by atoms with E-state index in [9.17, 15) is 4.79 Å². The van der Waals surface area contributed by atoms with Crippen molar-refractivity contribution in [1.29, 1.82) is 0 Å². The normalized spacial score (nSPS) is 10.7. The van der Waals surface area contributed by atoms with E-state index in [0.717, 1.165) is 18.7 Å². The summed E-state index contributed by atoms with van der Waals surface area (Å²) in [7, 11) is 3.67. The molecule has 0 aromatic heterocycles. The summed E-state index contributed by atoms with van der Waals surface area (Å²) in [4.78, 5) is 14.1. The highest BCUT2D eigenvalue weighted by molar-refractivity contribution is 5.99. The van der Waals surface area contributed by atoms with Gasteiger partial charge in [0.1, 0.15) is 0 Å². The van der Waals surface area contributed by atoms with Crippen molar-refractivity contribution in [3.8, 4) is 0 Å². The summed E-state index contributed by atoms with van der Waals surface area (Å²) in [5.74, 6) is -0.124. The van der Waals surface area contributed by atoms with Crippen LogP contribution in [0.15, 0.2) is 18.2 Å². The van der Waals surface area contributed by atoms with E-state index in [1.165, 1.54) is 0 Å². The Hall–Kier alpha value is -1.59. The molecule has 0 atom stereocenters. The third kappa shape index (κ3) is 5.28. The number of amides is 1. The number of nitrogens with zero attached hydrogens (tertiary/aromatic N) is 1. The summed E-state index contributed by atoms with van der Waals surface area (Å²) >= 11 is 0. The van der Waals surface area contributed by atoms with Crippen LogP contribution in [-0.2, 0) is 4.74 Å². The first-order chi connectivity index (χ1) is 9.04. The number of nitrogens with one attached hydrogen (secondary N) is 1. The molecule has 0 spiro atoms. The van der Waals surface area contributed by atoms with E-state index in [-0.39, 0.29) is 5.91 Å². The number of nitrogen functional groups attached to an aromatic ring is 1. The van der Waals surface area contributed by atoms with E-state index < -0.39 is 0 Å². The van der Waals surface area contributed by atoms with E-state index in [1.54, 1.807) is 19.2 Å². The molecule has 1 amide bonds. The predicted octanol–water partition coefficient (Wildman–Crippen LogP) is 0.885. The van der Waals surface area contributed by atoms with E-state index in [0.29, 0.717) is 24.4 Å². The number of benzene rings is 1. The van der Waals surface area contributed by atoms with Gasteiger partial charge in [-0.15, -0.1) is 0 Å². The Bertz CT molecular complexity index is 421. The second-order valence-corrected chi connectivity index (χ2v) is 4.64. The number of ether oxygens (including phenoxy) is 1. The van der Waals surface area contributed by atoms with Crippen molar-refractivity contribution in [2.45, 2.75) is 6.92 Å². The lowest BCUT2D eigenvalue weighted by Crippen LogP contribution is -2.34. The molecule has 0 fully saturated rings. The van der Waals surface area contributed by atoms with E-state index in [1.807, 2.05) is 20.0 Å². The van der Waals surface area contributed by atoms with Gasteiger partial charge in [-0.2, -0.15) is 0 Å². The molecule has 5 nitrogen and oxygen atoms in total. The van der Waals surface area contributed by atoms with Crippen molar-refractivity contribution in [2.24, 2.45) is 0 Å². The third-order valence-corrected chi connectivity index (χ3v) is 2.91. The molecule has 1 aromatic carbocycles. The van der Waals surface area contributed by atoms with Crippen molar-refractivity contribution in [1.82, 2.24) is 10.2 Å². The molecular weight excluding hydrogens is 242 g/mol. The summed E-state index contributed by atoms with van der Waals surface area (Å²) in [6, 6.07) is 5.46. The summed E-state index contributed by atoms with van der Waals surface area (Å²) in [5, 5.41) is 2.87. The Balaban J connectivity index is 2.41. The Morgan fingerprint density at radius 3 is 2.84 bits per heavy atom. The number of hydrogen-bond donors (Lipinski definition) is 2. The minimum atomic E-state index is -0.124. The zero-order chi connectivity index (χ0) is 14.3. The van der Waals surface area contributed by atoms with E-state index >= 15 is 0 Å². The number of carbonyl (C=O) groups is 1. The number of likely N-dealkylation sites (N-methyl/N-ethyl adjacent to an activating group) is 1. The first kappa shape index (κ1) is 15.5. The maximum atomic E-state index is 12.0. The zero-order valence-electron chi connectivity index (χ0n) is 11.9. The van der Waals surface area contributed by atoms with Gasteiger partial charge in [-0.25, -0.2) is 0 Å². The molecular formula is C14H23N3O2. The molecule has 0 aliphatic rings. The smallest absolute Gasteiger partial charge is 0.253 e. The van der Waals surface area contributed by atoms with Gasteiger partial charge in [0.2, 0.25) is 0 Å². The van der Waals surface area contributed by atoms with Crippen LogP contribution in [0.4, 0.5) is 5.69 Å². The van der Waals surface area contributed by atoms with Gasteiger partial charge < -0.3 is 20.7 Å². The van der Waals surface area contributed by atoms with Crippen LogP contribution >= 0.6 is 0 Å². The highest BCUT2D eigenvalue weighted by Gasteiger charge is 2.09. The largest absolute Gasteiger partial charge is 0.398 e. The standard InChI is InChI=1S/C14H23N3O2/c1-11-4-5-13(15)12(10-11)14(18)16-6-7-17(2)8-9-19-3/h4-5,10H,6-9,15H2,1-3H3,(H,16,18). The summed E-state index contributed by atoms with van der Waals surface area (Å²) < 4.78 is 4.99. The van der Waals surface area contributed by atoms with Gasteiger partial charge in [-0.3, -0.25) is 4.79 Å². The molecule has 0 bridgehead atoms. The van der Waals surface area contributed by atoms with Crippen LogP contribution in [0, 0.1) is 6.92 Å². The lowest BCUT2D eigenvalue weighted by molar-refractivity contribution is 0.0948. The SMILES string of the molecule is COCCN(C)CCNC(=O)c1cc(C)ccc1N. The number of anilines is 1. The van der Waals surface area contributed by atoms with Crippen LogP contribution < -0.4 is 11.1 Å². The fourth-order valence-corrected chi connectivity index (χ4v) is 1.68. The van der Waals surface area contributed by atoms with Crippen molar-refractivity contribution in [2.75, 3.05) is 46.1 Å². The van der Waals surface area contributed by atoms with E-state index in [4.69, 9.17) is 10.5 Å². The molecule has 106 valence electrons. The van der Waals surface area contributed by atoms with Gasteiger partial charge in [-0.05, 0) is 26.1 Å². The molecule has 0 heterocycles. The minimum Gasteiger partial charge on any atom is -0.398 e. The van der Waals surface area contributed by atoms with Gasteiger partial charge in [0.05, 0.1) is 12.2 Å². The Morgan fingerprint density at radius 2 is 2.16 bits per heavy atom. The topological polar surface area (TPSA) is 67.6 Å². The van der Waals surface area contributed by atoms with Gasteiger partial charge in [0, 0.05) is 32.4 Å². The third-order valence-electron chi connectivity index (χ3n) is 2.91. The first-order valence-corrected chi connectivity index (χ1v) is 6.36. The summed E-state index contributed by atoms with van der Waals surface area (Å²) in [5.41, 5.74) is 7.88. The molecule has 0 saturated heterocycles. The van der Waals surface area contributed by atoms with Crippen LogP contribution in [0.5, 0.6) is 0 Å². The Labute approximate surface area is 114 Å². The number of hydrogen-bond acceptors (Lipinski definition) is 4. The fraction of sp³-hybridized carbons (Fsp3) is 0.500. The van der Waals surface area contributed by atoms with Crippen molar-refractivity contribution in [3.05, 3.63) is 29.3 Å². The second kappa shape index (κ2) is 7.76. The van der Waals surface area contributed by atoms with Crippen LogP contribution in [0.3, 0.4) is 0 Å². The van der Waals surface area contributed by atoms with E-state index in [2.05, 4.69) is 10.2 Å². The number of nitrogens with two attached hydrogens (primary N) is 1. The number of aryl methyl sites for hydroxylation is 1. The molecule has 5 heteroatoms. The molecule has 19 heavy (non-hydrogen) atoms. The summed E-state index contributed by atoms with van der Waals surface area (Å²) in [6.07, 6.45) is 0. The number of carbonyl (C=O) groups excluding carboxylic acids is 1. The lowest BCUT2D eigenvalue weighted by atomic mass is 10.1. The monoisotopic (exact) mass is 265 g/mol. The average Bonchev–Trinajstić information content (AvgIpc) is 2.39. The van der Waals surface area contributed by atoms with Crippen LogP contribution in [0.1, 0.15) is 15.9 Å². The van der Waals surface area contributed by atoms with Crippen molar-refractivity contribution in [3.63, 3.8) is 0 Å².